The maximum atomic E-state index is 11.6. The molecule has 0 aromatic carbocycles. The van der Waals surface area contributed by atoms with E-state index < -0.39 is 0 Å². The molecule has 1 aliphatic heterocycles. The van der Waals surface area contributed by atoms with Gasteiger partial charge in [-0.15, -0.1) is 0 Å². The Morgan fingerprint density at radius 3 is 2.19 bits per heavy atom. The Balaban J connectivity index is 0. The molecule has 3 heteroatoms. The van der Waals surface area contributed by atoms with E-state index in [4.69, 9.17) is 0 Å². The van der Waals surface area contributed by atoms with E-state index in [2.05, 4.69) is 30.7 Å². The summed E-state index contributed by atoms with van der Waals surface area (Å²) in [6.07, 6.45) is 6.18. The topological polar surface area (TPSA) is 23.6 Å². The van der Waals surface area contributed by atoms with Crippen molar-refractivity contribution in [1.29, 1.82) is 0 Å². The SMILES string of the molecule is CC.CC.CCCCCN(C)C[C@H]1CC[C@@H](C)N1C(C)=O. The van der Waals surface area contributed by atoms with Gasteiger partial charge in [-0.2, -0.15) is 0 Å². The summed E-state index contributed by atoms with van der Waals surface area (Å²) >= 11 is 0. The number of unbranched alkanes of at least 4 members (excludes halogenated alkanes) is 2. The second-order valence-electron chi connectivity index (χ2n) is 5.48. The molecule has 0 unspecified atom stereocenters. The van der Waals surface area contributed by atoms with Crippen molar-refractivity contribution in [2.45, 2.75) is 92.7 Å². The third-order valence-corrected chi connectivity index (χ3v) is 3.82. The Labute approximate surface area is 134 Å². The fraction of sp³-hybridized carbons (Fsp3) is 0.944. The molecule has 0 spiro atoms. The van der Waals surface area contributed by atoms with Gasteiger partial charge < -0.3 is 9.80 Å². The second kappa shape index (κ2) is 14.4. The van der Waals surface area contributed by atoms with Gasteiger partial charge in [0.15, 0.2) is 0 Å². The molecule has 0 saturated carbocycles. The maximum absolute atomic E-state index is 11.6. The highest BCUT2D eigenvalue weighted by molar-refractivity contribution is 5.74. The fourth-order valence-corrected chi connectivity index (χ4v) is 2.90. The lowest BCUT2D eigenvalue weighted by molar-refractivity contribution is -0.131. The lowest BCUT2D eigenvalue weighted by Crippen LogP contribution is -2.44. The first-order chi connectivity index (χ1) is 10.1. The van der Waals surface area contributed by atoms with Gasteiger partial charge >= 0.3 is 0 Å². The van der Waals surface area contributed by atoms with Gasteiger partial charge in [-0.25, -0.2) is 0 Å². The molecule has 3 nitrogen and oxygen atoms in total. The number of likely N-dealkylation sites (tertiary alicyclic amines) is 1. The molecule has 1 saturated heterocycles. The molecule has 0 aliphatic carbocycles. The van der Waals surface area contributed by atoms with Crippen LogP contribution < -0.4 is 0 Å². The zero-order valence-corrected chi connectivity index (χ0v) is 15.9. The van der Waals surface area contributed by atoms with Crippen LogP contribution in [0.4, 0.5) is 0 Å². The Bertz CT molecular complexity index is 243. The number of nitrogens with zero attached hydrogens (tertiary/aromatic N) is 2. The zero-order valence-electron chi connectivity index (χ0n) is 15.9. The molecule has 0 N–H and O–H groups in total. The van der Waals surface area contributed by atoms with E-state index in [1.807, 2.05) is 27.7 Å². The largest absolute Gasteiger partial charge is 0.336 e. The molecule has 1 amide bonds. The molecule has 2 atom stereocenters. The smallest absolute Gasteiger partial charge is 0.219 e. The van der Waals surface area contributed by atoms with Crippen molar-refractivity contribution in [2.24, 2.45) is 0 Å². The van der Waals surface area contributed by atoms with Crippen LogP contribution in [0.3, 0.4) is 0 Å². The van der Waals surface area contributed by atoms with Gasteiger partial charge in [0.05, 0.1) is 0 Å². The molecule has 0 bridgehead atoms. The van der Waals surface area contributed by atoms with Crippen LogP contribution in [0, 0.1) is 0 Å². The minimum Gasteiger partial charge on any atom is -0.336 e. The highest BCUT2D eigenvalue weighted by Gasteiger charge is 2.32. The number of hydrogen-bond acceptors (Lipinski definition) is 2. The maximum Gasteiger partial charge on any atom is 0.219 e. The van der Waals surface area contributed by atoms with E-state index in [1.165, 1.54) is 25.7 Å². The normalized spacial score (nSPS) is 20.5. The van der Waals surface area contributed by atoms with E-state index in [0.29, 0.717) is 12.1 Å². The summed E-state index contributed by atoms with van der Waals surface area (Å²) in [5.74, 6) is 0.238. The van der Waals surface area contributed by atoms with E-state index in [-0.39, 0.29) is 5.91 Å². The third kappa shape index (κ3) is 9.13. The highest BCUT2D eigenvalue weighted by Crippen LogP contribution is 2.24. The molecule has 0 aromatic rings. The van der Waals surface area contributed by atoms with Crippen LogP contribution >= 0.6 is 0 Å². The summed E-state index contributed by atoms with van der Waals surface area (Å²) in [5.41, 5.74) is 0. The quantitative estimate of drug-likeness (QED) is 0.671. The lowest BCUT2D eigenvalue weighted by Gasteiger charge is -2.30. The first-order valence-corrected chi connectivity index (χ1v) is 9.03. The van der Waals surface area contributed by atoms with Gasteiger partial charge in [0.1, 0.15) is 0 Å². The third-order valence-electron chi connectivity index (χ3n) is 3.82. The summed E-state index contributed by atoms with van der Waals surface area (Å²) < 4.78 is 0. The highest BCUT2D eigenvalue weighted by atomic mass is 16.2. The van der Waals surface area contributed by atoms with Crippen LogP contribution in [0.25, 0.3) is 0 Å². The van der Waals surface area contributed by atoms with Crippen molar-refractivity contribution in [3.8, 4) is 0 Å². The molecular weight excluding hydrogens is 260 g/mol. The number of rotatable bonds is 6. The van der Waals surface area contributed by atoms with Crippen molar-refractivity contribution in [1.82, 2.24) is 9.80 Å². The van der Waals surface area contributed by atoms with Gasteiger partial charge in [-0.05, 0) is 39.8 Å². The zero-order chi connectivity index (χ0) is 16.8. The molecular formula is C18H40N2O. The first kappa shape index (κ1) is 22.7. The molecule has 1 aliphatic rings. The van der Waals surface area contributed by atoms with Gasteiger partial charge in [-0.1, -0.05) is 47.5 Å². The van der Waals surface area contributed by atoms with Crippen molar-refractivity contribution in [3.63, 3.8) is 0 Å². The predicted molar refractivity (Wildman–Crippen MR) is 94.7 cm³/mol. The summed E-state index contributed by atoms with van der Waals surface area (Å²) in [7, 11) is 2.18. The molecule has 0 aromatic heterocycles. The Hall–Kier alpha value is -0.570. The second-order valence-corrected chi connectivity index (χ2v) is 5.48. The molecule has 1 fully saturated rings. The number of likely N-dealkylation sites (N-methyl/N-ethyl adjacent to an activating group) is 1. The Kier molecular flexibility index (Phi) is 15.5. The van der Waals surface area contributed by atoms with Crippen LogP contribution in [0.15, 0.2) is 0 Å². The number of carbonyl (C=O) groups is 1. The minimum absolute atomic E-state index is 0.238. The molecule has 1 rings (SSSR count). The lowest BCUT2D eigenvalue weighted by atomic mass is 10.2. The van der Waals surface area contributed by atoms with E-state index in [0.717, 1.165) is 19.5 Å². The number of carbonyl (C=O) groups excluding carboxylic acids is 1. The van der Waals surface area contributed by atoms with Gasteiger partial charge in [0.25, 0.3) is 0 Å². The molecule has 21 heavy (non-hydrogen) atoms. The first-order valence-electron chi connectivity index (χ1n) is 9.03. The van der Waals surface area contributed by atoms with Crippen molar-refractivity contribution in [3.05, 3.63) is 0 Å². The Morgan fingerprint density at radius 1 is 1.14 bits per heavy atom. The average Bonchev–Trinajstić information content (AvgIpc) is 2.84. The summed E-state index contributed by atoms with van der Waals surface area (Å²) in [5, 5.41) is 0. The van der Waals surface area contributed by atoms with Crippen LogP contribution in [0.5, 0.6) is 0 Å². The minimum atomic E-state index is 0.238. The monoisotopic (exact) mass is 300 g/mol. The number of hydrogen-bond donors (Lipinski definition) is 0. The van der Waals surface area contributed by atoms with Crippen LogP contribution in [-0.4, -0.2) is 47.9 Å². The molecule has 1 heterocycles. The molecule has 0 radical (unpaired) electrons. The molecule has 128 valence electrons. The predicted octanol–water partition coefficient (Wildman–Crippen LogP) is 4.56. The Morgan fingerprint density at radius 2 is 1.71 bits per heavy atom. The van der Waals surface area contributed by atoms with Crippen LogP contribution in [-0.2, 0) is 4.79 Å². The van der Waals surface area contributed by atoms with Crippen molar-refractivity contribution >= 4 is 5.91 Å². The average molecular weight is 301 g/mol. The van der Waals surface area contributed by atoms with Crippen molar-refractivity contribution in [2.75, 3.05) is 20.1 Å². The van der Waals surface area contributed by atoms with Crippen molar-refractivity contribution < 1.29 is 4.79 Å². The van der Waals surface area contributed by atoms with Crippen LogP contribution in [0.1, 0.15) is 80.6 Å². The van der Waals surface area contributed by atoms with Gasteiger partial charge in [-0.3, -0.25) is 4.79 Å². The standard InChI is InChI=1S/C14H28N2O.2C2H6/c1-5-6-7-10-15(4)11-14-9-8-12(2)16(14)13(3)17;2*1-2/h12,14H,5-11H2,1-4H3;2*1-2H3/t12-,14-;;/m1../s1. The fourth-order valence-electron chi connectivity index (χ4n) is 2.90. The van der Waals surface area contributed by atoms with E-state index >= 15 is 0 Å². The van der Waals surface area contributed by atoms with Gasteiger partial charge in [0, 0.05) is 25.6 Å². The summed E-state index contributed by atoms with van der Waals surface area (Å²) in [4.78, 5) is 16.1. The van der Waals surface area contributed by atoms with E-state index in [1.54, 1.807) is 6.92 Å². The van der Waals surface area contributed by atoms with Crippen LogP contribution in [0.2, 0.25) is 0 Å². The van der Waals surface area contributed by atoms with Gasteiger partial charge in [0.2, 0.25) is 5.91 Å². The van der Waals surface area contributed by atoms with E-state index in [9.17, 15) is 4.79 Å². The number of amides is 1. The summed E-state index contributed by atoms with van der Waals surface area (Å²) in [6.45, 7) is 16.3. The summed E-state index contributed by atoms with van der Waals surface area (Å²) in [6, 6.07) is 0.871.